The predicted octanol–water partition coefficient (Wildman–Crippen LogP) is 2.35. The number of nitrogen functional groups attached to an aromatic ring is 1. The molecule has 2 N–H and O–H groups in total. The minimum Gasteiger partial charge on any atom is -0.399 e. The first-order chi connectivity index (χ1) is 8.76. The van der Waals surface area contributed by atoms with Gasteiger partial charge in [-0.1, -0.05) is 19.1 Å². The molecule has 0 unspecified atom stereocenters. The Morgan fingerprint density at radius 1 is 1.28 bits per heavy atom. The van der Waals surface area contributed by atoms with Crippen molar-refractivity contribution < 1.29 is 0 Å². The molecule has 1 aromatic carbocycles. The van der Waals surface area contributed by atoms with E-state index in [1.165, 1.54) is 5.56 Å². The first-order valence-electron chi connectivity index (χ1n) is 6.50. The Morgan fingerprint density at radius 3 is 2.61 bits per heavy atom. The van der Waals surface area contributed by atoms with Crippen molar-refractivity contribution in [3.63, 3.8) is 0 Å². The zero-order chi connectivity index (χ0) is 12.6. The van der Waals surface area contributed by atoms with Gasteiger partial charge in [-0.15, -0.1) is 10.2 Å². The van der Waals surface area contributed by atoms with E-state index in [0.717, 1.165) is 37.3 Å². The fourth-order valence-corrected chi connectivity index (χ4v) is 2.60. The molecule has 3 rings (SSSR count). The molecule has 94 valence electrons. The zero-order valence-electron chi connectivity index (χ0n) is 10.6. The standard InChI is InChI=1S/C14H18N4/c1-2-9-18-10-16-17-13(18)14(7-8-14)11-3-5-12(15)6-4-11/h3-6,10H,2,7-9,15H2,1H3. The van der Waals surface area contributed by atoms with E-state index in [4.69, 9.17) is 5.73 Å². The van der Waals surface area contributed by atoms with Crippen LogP contribution in [0.1, 0.15) is 37.6 Å². The van der Waals surface area contributed by atoms with Crippen LogP contribution >= 0.6 is 0 Å². The molecule has 0 spiro atoms. The van der Waals surface area contributed by atoms with Crippen LogP contribution in [-0.4, -0.2) is 14.8 Å². The number of aromatic nitrogens is 3. The Balaban J connectivity index is 1.99. The largest absolute Gasteiger partial charge is 0.399 e. The molecular weight excluding hydrogens is 224 g/mol. The van der Waals surface area contributed by atoms with E-state index in [2.05, 4.69) is 33.8 Å². The minimum absolute atomic E-state index is 0.0827. The van der Waals surface area contributed by atoms with Crippen LogP contribution in [0.25, 0.3) is 0 Å². The van der Waals surface area contributed by atoms with Gasteiger partial charge in [-0.05, 0) is 37.0 Å². The van der Waals surface area contributed by atoms with Gasteiger partial charge in [0.2, 0.25) is 0 Å². The summed E-state index contributed by atoms with van der Waals surface area (Å²) in [4.78, 5) is 0. The summed E-state index contributed by atoms with van der Waals surface area (Å²) in [6.07, 6.45) is 5.25. The van der Waals surface area contributed by atoms with Gasteiger partial charge >= 0.3 is 0 Å². The molecule has 1 saturated carbocycles. The van der Waals surface area contributed by atoms with Gasteiger partial charge in [-0.25, -0.2) is 0 Å². The van der Waals surface area contributed by atoms with E-state index in [0.29, 0.717) is 0 Å². The van der Waals surface area contributed by atoms with Gasteiger partial charge in [0.25, 0.3) is 0 Å². The molecule has 2 aromatic rings. The van der Waals surface area contributed by atoms with Crippen LogP contribution in [0, 0.1) is 0 Å². The average Bonchev–Trinajstić information content (AvgIpc) is 3.05. The van der Waals surface area contributed by atoms with Crippen LogP contribution in [0.5, 0.6) is 0 Å². The van der Waals surface area contributed by atoms with Crippen LogP contribution in [0.3, 0.4) is 0 Å². The second-order valence-electron chi connectivity index (χ2n) is 5.05. The maximum atomic E-state index is 5.75. The molecule has 0 saturated heterocycles. The summed E-state index contributed by atoms with van der Waals surface area (Å²) < 4.78 is 2.18. The van der Waals surface area contributed by atoms with Gasteiger partial charge < -0.3 is 10.3 Å². The van der Waals surface area contributed by atoms with Crippen molar-refractivity contribution in [3.05, 3.63) is 42.0 Å². The number of nitrogens with two attached hydrogens (primary N) is 1. The smallest absolute Gasteiger partial charge is 0.143 e. The fourth-order valence-electron chi connectivity index (χ4n) is 2.60. The molecule has 0 radical (unpaired) electrons. The Bertz CT molecular complexity index is 537. The van der Waals surface area contributed by atoms with Crippen LogP contribution < -0.4 is 5.73 Å². The summed E-state index contributed by atoms with van der Waals surface area (Å²) in [5.41, 5.74) is 7.95. The van der Waals surface area contributed by atoms with Gasteiger partial charge in [0.1, 0.15) is 12.2 Å². The van der Waals surface area contributed by atoms with Crippen LogP contribution in [0.2, 0.25) is 0 Å². The molecule has 0 amide bonds. The Kier molecular flexibility index (Phi) is 2.58. The van der Waals surface area contributed by atoms with E-state index in [1.807, 2.05) is 18.5 Å². The second kappa shape index (κ2) is 4.12. The SMILES string of the molecule is CCCn1cnnc1C1(c2ccc(N)cc2)CC1. The number of hydrogen-bond acceptors (Lipinski definition) is 3. The third-order valence-electron chi connectivity index (χ3n) is 3.72. The molecule has 0 atom stereocenters. The Morgan fingerprint density at radius 2 is 2.00 bits per heavy atom. The number of nitrogens with zero attached hydrogens (tertiary/aromatic N) is 3. The van der Waals surface area contributed by atoms with Crippen molar-refractivity contribution in [3.8, 4) is 0 Å². The maximum Gasteiger partial charge on any atom is 0.143 e. The average molecular weight is 242 g/mol. The second-order valence-corrected chi connectivity index (χ2v) is 5.05. The van der Waals surface area contributed by atoms with Crippen molar-refractivity contribution >= 4 is 5.69 Å². The third kappa shape index (κ3) is 1.68. The lowest BCUT2D eigenvalue weighted by Gasteiger charge is -2.16. The van der Waals surface area contributed by atoms with Crippen molar-refractivity contribution in [1.82, 2.24) is 14.8 Å². The third-order valence-corrected chi connectivity index (χ3v) is 3.72. The van der Waals surface area contributed by atoms with E-state index in [9.17, 15) is 0 Å². The zero-order valence-corrected chi connectivity index (χ0v) is 10.6. The Hall–Kier alpha value is -1.84. The quantitative estimate of drug-likeness (QED) is 0.837. The molecule has 1 fully saturated rings. The highest BCUT2D eigenvalue weighted by Gasteiger charge is 2.49. The maximum absolute atomic E-state index is 5.75. The molecule has 0 aliphatic heterocycles. The summed E-state index contributed by atoms with van der Waals surface area (Å²) in [5.74, 6) is 1.11. The highest BCUT2D eigenvalue weighted by atomic mass is 15.3. The topological polar surface area (TPSA) is 56.7 Å². The molecule has 1 aromatic heterocycles. The number of hydrogen-bond donors (Lipinski definition) is 1. The van der Waals surface area contributed by atoms with Crippen LogP contribution in [0.4, 0.5) is 5.69 Å². The van der Waals surface area contributed by atoms with Crippen LogP contribution in [0.15, 0.2) is 30.6 Å². The molecule has 18 heavy (non-hydrogen) atoms. The molecule has 1 aliphatic carbocycles. The van der Waals surface area contributed by atoms with Gasteiger partial charge in [0.15, 0.2) is 0 Å². The number of rotatable bonds is 4. The van der Waals surface area contributed by atoms with E-state index in [-0.39, 0.29) is 5.41 Å². The highest BCUT2D eigenvalue weighted by molar-refractivity contribution is 5.46. The lowest BCUT2D eigenvalue weighted by atomic mass is 9.94. The van der Waals surface area contributed by atoms with E-state index >= 15 is 0 Å². The van der Waals surface area contributed by atoms with Crippen molar-refractivity contribution in [2.75, 3.05) is 5.73 Å². The normalized spacial score (nSPS) is 16.7. The summed E-state index contributed by atoms with van der Waals surface area (Å²) in [5, 5.41) is 8.43. The lowest BCUT2D eigenvalue weighted by molar-refractivity contribution is 0.601. The monoisotopic (exact) mass is 242 g/mol. The highest BCUT2D eigenvalue weighted by Crippen LogP contribution is 2.52. The molecule has 1 heterocycles. The molecule has 4 nitrogen and oxygen atoms in total. The van der Waals surface area contributed by atoms with Crippen molar-refractivity contribution in [2.24, 2.45) is 0 Å². The molecular formula is C14H18N4. The van der Waals surface area contributed by atoms with Gasteiger partial charge in [0, 0.05) is 12.2 Å². The molecule has 1 aliphatic rings. The lowest BCUT2D eigenvalue weighted by Crippen LogP contribution is -2.16. The fraction of sp³-hybridized carbons (Fsp3) is 0.429. The number of aryl methyl sites for hydroxylation is 1. The van der Waals surface area contributed by atoms with Crippen LogP contribution in [-0.2, 0) is 12.0 Å². The first kappa shape index (κ1) is 11.3. The first-order valence-corrected chi connectivity index (χ1v) is 6.50. The predicted molar refractivity (Wildman–Crippen MR) is 71.2 cm³/mol. The van der Waals surface area contributed by atoms with Gasteiger partial charge in [0.05, 0.1) is 5.41 Å². The molecule has 4 heteroatoms. The van der Waals surface area contributed by atoms with E-state index in [1.54, 1.807) is 0 Å². The van der Waals surface area contributed by atoms with E-state index < -0.39 is 0 Å². The summed E-state index contributed by atoms with van der Waals surface area (Å²) in [7, 11) is 0. The summed E-state index contributed by atoms with van der Waals surface area (Å²) in [6, 6.07) is 8.17. The summed E-state index contributed by atoms with van der Waals surface area (Å²) in [6.45, 7) is 3.16. The number of benzene rings is 1. The Labute approximate surface area is 107 Å². The van der Waals surface area contributed by atoms with Gasteiger partial charge in [-0.3, -0.25) is 0 Å². The van der Waals surface area contributed by atoms with Gasteiger partial charge in [-0.2, -0.15) is 0 Å². The number of anilines is 1. The van der Waals surface area contributed by atoms with Crippen molar-refractivity contribution in [1.29, 1.82) is 0 Å². The summed E-state index contributed by atoms with van der Waals surface area (Å²) >= 11 is 0. The molecule has 0 bridgehead atoms. The minimum atomic E-state index is 0.0827. The van der Waals surface area contributed by atoms with Crippen molar-refractivity contribution in [2.45, 2.75) is 38.1 Å².